The molecule has 0 fully saturated rings. The summed E-state index contributed by atoms with van der Waals surface area (Å²) in [7, 11) is 0. The third kappa shape index (κ3) is 6.93. The molecule has 0 spiro atoms. The lowest BCUT2D eigenvalue weighted by atomic mass is 10.1. The maximum absolute atomic E-state index is 12.2. The van der Waals surface area contributed by atoms with Gasteiger partial charge in [-0.3, -0.25) is 10.1 Å². The summed E-state index contributed by atoms with van der Waals surface area (Å²) in [5.41, 5.74) is 1.77. The zero-order chi connectivity index (χ0) is 18.1. The predicted octanol–water partition coefficient (Wildman–Crippen LogP) is 3.57. The van der Waals surface area contributed by atoms with E-state index in [0.717, 1.165) is 12.2 Å². The second-order valence-electron chi connectivity index (χ2n) is 6.17. The van der Waals surface area contributed by atoms with Crippen LogP contribution in [0, 0.1) is 5.92 Å². The quantitative estimate of drug-likeness (QED) is 0.745. The van der Waals surface area contributed by atoms with Gasteiger partial charge in [-0.2, -0.15) is 0 Å². The minimum atomic E-state index is -0.229. The van der Waals surface area contributed by atoms with Gasteiger partial charge < -0.3 is 10.1 Å². The summed E-state index contributed by atoms with van der Waals surface area (Å²) in [4.78, 5) is 12.2. The van der Waals surface area contributed by atoms with E-state index in [-0.39, 0.29) is 5.91 Å². The van der Waals surface area contributed by atoms with Crippen molar-refractivity contribution in [3.8, 4) is 5.75 Å². The SMILES string of the molecule is CC(C)COc1ccc(C(=O)NC(=S)NCCc2ccccc2)cc1. The molecule has 0 radical (unpaired) electrons. The summed E-state index contributed by atoms with van der Waals surface area (Å²) >= 11 is 5.17. The lowest BCUT2D eigenvalue weighted by molar-refractivity contribution is 0.0976. The molecule has 0 saturated heterocycles. The number of nitrogens with one attached hydrogen (secondary N) is 2. The molecule has 0 aliphatic rings. The van der Waals surface area contributed by atoms with E-state index < -0.39 is 0 Å². The molecule has 2 aromatic carbocycles. The molecule has 4 nitrogen and oxygen atoms in total. The Kier molecular flexibility index (Phi) is 7.41. The highest BCUT2D eigenvalue weighted by Gasteiger charge is 2.08. The molecule has 0 aromatic heterocycles. The van der Waals surface area contributed by atoms with E-state index in [9.17, 15) is 4.79 Å². The molecule has 0 saturated carbocycles. The standard InChI is InChI=1S/C20H24N2O2S/c1-15(2)14-24-18-10-8-17(9-11-18)19(23)22-20(25)21-13-12-16-6-4-3-5-7-16/h3-11,15H,12-14H2,1-2H3,(H2,21,22,23,25). The van der Waals surface area contributed by atoms with Crippen LogP contribution in [0.3, 0.4) is 0 Å². The van der Waals surface area contributed by atoms with E-state index in [1.807, 2.05) is 18.2 Å². The van der Waals surface area contributed by atoms with Crippen molar-refractivity contribution >= 4 is 23.2 Å². The van der Waals surface area contributed by atoms with Crippen LogP contribution in [0.2, 0.25) is 0 Å². The van der Waals surface area contributed by atoms with Crippen molar-refractivity contribution in [1.82, 2.24) is 10.6 Å². The normalized spacial score (nSPS) is 10.4. The summed E-state index contributed by atoms with van der Waals surface area (Å²) in [6.07, 6.45) is 0.846. The molecule has 25 heavy (non-hydrogen) atoms. The molecular formula is C20H24N2O2S. The fourth-order valence-corrected chi connectivity index (χ4v) is 2.34. The van der Waals surface area contributed by atoms with E-state index >= 15 is 0 Å². The lowest BCUT2D eigenvalue weighted by Gasteiger charge is -2.11. The average molecular weight is 356 g/mol. The van der Waals surface area contributed by atoms with Crippen LogP contribution >= 0.6 is 12.2 Å². The Morgan fingerprint density at radius 2 is 1.76 bits per heavy atom. The van der Waals surface area contributed by atoms with Gasteiger partial charge in [-0.1, -0.05) is 44.2 Å². The molecule has 0 bridgehead atoms. The molecule has 0 heterocycles. The second kappa shape index (κ2) is 9.79. The summed E-state index contributed by atoms with van der Waals surface area (Å²) in [5.74, 6) is 0.990. The van der Waals surface area contributed by atoms with E-state index in [2.05, 4.69) is 36.6 Å². The summed E-state index contributed by atoms with van der Waals surface area (Å²) < 4.78 is 5.61. The molecule has 5 heteroatoms. The molecule has 0 aliphatic carbocycles. The lowest BCUT2D eigenvalue weighted by Crippen LogP contribution is -2.40. The first-order chi connectivity index (χ1) is 12.0. The Labute approximate surface area is 154 Å². The van der Waals surface area contributed by atoms with Gasteiger partial charge in [0.1, 0.15) is 5.75 Å². The van der Waals surface area contributed by atoms with Crippen LogP contribution in [0.15, 0.2) is 54.6 Å². The van der Waals surface area contributed by atoms with Crippen LogP contribution in [0.25, 0.3) is 0 Å². The number of carbonyl (C=O) groups is 1. The van der Waals surface area contributed by atoms with Crippen molar-refractivity contribution in [3.05, 3.63) is 65.7 Å². The highest BCUT2D eigenvalue weighted by atomic mass is 32.1. The van der Waals surface area contributed by atoms with E-state index in [0.29, 0.717) is 29.7 Å². The first-order valence-corrected chi connectivity index (χ1v) is 8.81. The summed E-state index contributed by atoms with van der Waals surface area (Å²) in [6.45, 7) is 5.51. The van der Waals surface area contributed by atoms with Crippen LogP contribution < -0.4 is 15.4 Å². The van der Waals surface area contributed by atoms with Gasteiger partial charge in [-0.05, 0) is 54.4 Å². The number of amides is 1. The van der Waals surface area contributed by atoms with Gasteiger partial charge in [0, 0.05) is 12.1 Å². The molecular weight excluding hydrogens is 332 g/mol. The number of hydrogen-bond acceptors (Lipinski definition) is 3. The molecule has 132 valence electrons. The van der Waals surface area contributed by atoms with E-state index in [1.165, 1.54) is 5.56 Å². The fraction of sp³-hybridized carbons (Fsp3) is 0.300. The van der Waals surface area contributed by atoms with Crippen LogP contribution in [0.1, 0.15) is 29.8 Å². The smallest absolute Gasteiger partial charge is 0.257 e. The summed E-state index contributed by atoms with van der Waals surface area (Å²) in [6, 6.07) is 17.2. The number of carbonyl (C=O) groups excluding carboxylic acids is 1. The van der Waals surface area contributed by atoms with Crippen LogP contribution in [-0.2, 0) is 6.42 Å². The number of rotatable bonds is 7. The van der Waals surface area contributed by atoms with E-state index in [1.54, 1.807) is 24.3 Å². The molecule has 0 unspecified atom stereocenters. The highest BCUT2D eigenvalue weighted by molar-refractivity contribution is 7.80. The van der Waals surface area contributed by atoms with Crippen LogP contribution in [-0.4, -0.2) is 24.2 Å². The molecule has 0 atom stereocenters. The fourth-order valence-electron chi connectivity index (χ4n) is 2.15. The van der Waals surface area contributed by atoms with Crippen molar-refractivity contribution in [2.75, 3.05) is 13.2 Å². The maximum atomic E-state index is 12.2. The summed E-state index contributed by atoms with van der Waals surface area (Å²) in [5, 5.41) is 6.08. The number of ether oxygens (including phenoxy) is 1. The van der Waals surface area contributed by atoms with Crippen molar-refractivity contribution in [2.24, 2.45) is 5.92 Å². The second-order valence-corrected chi connectivity index (χ2v) is 6.58. The number of benzene rings is 2. The Balaban J connectivity index is 1.75. The first-order valence-electron chi connectivity index (χ1n) is 8.40. The van der Waals surface area contributed by atoms with Crippen molar-refractivity contribution in [1.29, 1.82) is 0 Å². The van der Waals surface area contributed by atoms with Gasteiger partial charge >= 0.3 is 0 Å². The minimum absolute atomic E-state index is 0.229. The van der Waals surface area contributed by atoms with Crippen LogP contribution in [0.4, 0.5) is 0 Å². The first kappa shape index (κ1) is 18.9. The predicted molar refractivity (Wildman–Crippen MR) is 105 cm³/mol. The monoisotopic (exact) mass is 356 g/mol. The Hall–Kier alpha value is -2.40. The Bertz CT molecular complexity index is 685. The number of thiocarbonyl (C=S) groups is 1. The third-order valence-electron chi connectivity index (χ3n) is 3.47. The maximum Gasteiger partial charge on any atom is 0.257 e. The van der Waals surface area contributed by atoms with Gasteiger partial charge in [-0.15, -0.1) is 0 Å². The largest absolute Gasteiger partial charge is 0.493 e. The van der Waals surface area contributed by atoms with Gasteiger partial charge in [0.05, 0.1) is 6.61 Å². The number of hydrogen-bond donors (Lipinski definition) is 2. The Morgan fingerprint density at radius 3 is 2.40 bits per heavy atom. The topological polar surface area (TPSA) is 50.4 Å². The average Bonchev–Trinajstić information content (AvgIpc) is 2.61. The molecule has 2 aromatic rings. The van der Waals surface area contributed by atoms with Gasteiger partial charge in [0.25, 0.3) is 5.91 Å². The third-order valence-corrected chi connectivity index (χ3v) is 3.72. The molecule has 0 aliphatic heterocycles. The van der Waals surface area contributed by atoms with Crippen LogP contribution in [0.5, 0.6) is 5.75 Å². The van der Waals surface area contributed by atoms with Crippen molar-refractivity contribution < 1.29 is 9.53 Å². The Morgan fingerprint density at radius 1 is 1.08 bits per heavy atom. The molecule has 2 N–H and O–H groups in total. The molecule has 2 rings (SSSR count). The highest BCUT2D eigenvalue weighted by Crippen LogP contribution is 2.13. The zero-order valence-corrected chi connectivity index (χ0v) is 15.4. The van der Waals surface area contributed by atoms with Gasteiger partial charge in [0.15, 0.2) is 5.11 Å². The van der Waals surface area contributed by atoms with Crippen molar-refractivity contribution in [3.63, 3.8) is 0 Å². The van der Waals surface area contributed by atoms with Gasteiger partial charge in [0.2, 0.25) is 0 Å². The molecule has 1 amide bonds. The van der Waals surface area contributed by atoms with Gasteiger partial charge in [-0.25, -0.2) is 0 Å². The minimum Gasteiger partial charge on any atom is -0.493 e. The van der Waals surface area contributed by atoms with E-state index in [4.69, 9.17) is 17.0 Å². The van der Waals surface area contributed by atoms with Crippen molar-refractivity contribution in [2.45, 2.75) is 20.3 Å². The zero-order valence-electron chi connectivity index (χ0n) is 14.6.